The van der Waals surface area contributed by atoms with E-state index in [1.807, 2.05) is 6.92 Å². The summed E-state index contributed by atoms with van der Waals surface area (Å²) in [6.07, 6.45) is 2.81. The molecule has 2 rings (SSSR count). The molecule has 0 aliphatic carbocycles. The number of benzene rings is 1. The standard InChI is InChI=1S/C14H15N5O2/c1-8-7-10(3-4-11(8)18-9(2)20)19-14(21)12-13(15)17-6-5-16-12/h3-7H,1-2H3,(H2,15,17)(H,18,20)(H,19,21). The zero-order valence-electron chi connectivity index (χ0n) is 11.7. The van der Waals surface area contributed by atoms with Gasteiger partial charge < -0.3 is 16.4 Å². The van der Waals surface area contributed by atoms with E-state index >= 15 is 0 Å². The molecule has 1 heterocycles. The summed E-state index contributed by atoms with van der Waals surface area (Å²) in [5, 5.41) is 5.39. The maximum Gasteiger partial charge on any atom is 0.278 e. The predicted octanol–water partition coefficient (Wildman–Crippen LogP) is 1.58. The van der Waals surface area contributed by atoms with Crippen molar-refractivity contribution in [3.05, 3.63) is 41.9 Å². The highest BCUT2D eigenvalue weighted by atomic mass is 16.2. The third kappa shape index (κ3) is 3.53. The summed E-state index contributed by atoms with van der Waals surface area (Å²) in [7, 11) is 0. The van der Waals surface area contributed by atoms with Crippen molar-refractivity contribution in [2.45, 2.75) is 13.8 Å². The average Bonchev–Trinajstić information content (AvgIpc) is 2.42. The Hall–Kier alpha value is -2.96. The normalized spacial score (nSPS) is 10.0. The lowest BCUT2D eigenvalue weighted by molar-refractivity contribution is -0.114. The largest absolute Gasteiger partial charge is 0.382 e. The Kier molecular flexibility index (Phi) is 4.13. The van der Waals surface area contributed by atoms with Crippen LogP contribution in [0.2, 0.25) is 0 Å². The van der Waals surface area contributed by atoms with Crippen LogP contribution in [0.1, 0.15) is 23.0 Å². The summed E-state index contributed by atoms with van der Waals surface area (Å²) >= 11 is 0. The lowest BCUT2D eigenvalue weighted by Gasteiger charge is -2.10. The second-order valence-corrected chi connectivity index (χ2v) is 4.46. The van der Waals surface area contributed by atoms with Gasteiger partial charge in [0, 0.05) is 30.7 Å². The number of hydrogen-bond acceptors (Lipinski definition) is 5. The van der Waals surface area contributed by atoms with Gasteiger partial charge >= 0.3 is 0 Å². The molecule has 2 aromatic rings. The number of anilines is 3. The van der Waals surface area contributed by atoms with E-state index in [1.165, 1.54) is 19.3 Å². The van der Waals surface area contributed by atoms with Crippen molar-refractivity contribution >= 4 is 29.0 Å². The van der Waals surface area contributed by atoms with Crippen LogP contribution in [-0.4, -0.2) is 21.8 Å². The first kappa shape index (κ1) is 14.4. The van der Waals surface area contributed by atoms with Crippen LogP contribution in [0.15, 0.2) is 30.6 Å². The molecule has 0 saturated heterocycles. The molecule has 0 bridgehead atoms. The van der Waals surface area contributed by atoms with E-state index < -0.39 is 5.91 Å². The number of hydrogen-bond donors (Lipinski definition) is 3. The minimum Gasteiger partial charge on any atom is -0.382 e. The Morgan fingerprint density at radius 3 is 2.48 bits per heavy atom. The van der Waals surface area contributed by atoms with Gasteiger partial charge in [0.2, 0.25) is 5.91 Å². The molecule has 0 unspecified atom stereocenters. The third-order valence-corrected chi connectivity index (χ3v) is 2.74. The second kappa shape index (κ2) is 6.00. The molecule has 0 radical (unpaired) electrons. The molecule has 1 aromatic heterocycles. The number of carbonyl (C=O) groups excluding carboxylic acids is 2. The quantitative estimate of drug-likeness (QED) is 0.793. The maximum absolute atomic E-state index is 12.0. The SMILES string of the molecule is CC(=O)Nc1ccc(NC(=O)c2nccnc2N)cc1C. The summed E-state index contributed by atoms with van der Waals surface area (Å²) in [5.74, 6) is -0.518. The van der Waals surface area contributed by atoms with Gasteiger partial charge in [-0.2, -0.15) is 0 Å². The molecule has 2 amide bonds. The minimum atomic E-state index is -0.438. The van der Waals surface area contributed by atoms with E-state index in [2.05, 4.69) is 20.6 Å². The van der Waals surface area contributed by atoms with E-state index in [1.54, 1.807) is 18.2 Å². The Labute approximate surface area is 121 Å². The molecule has 0 aliphatic rings. The Morgan fingerprint density at radius 2 is 1.86 bits per heavy atom. The van der Waals surface area contributed by atoms with E-state index in [0.717, 1.165) is 5.56 Å². The van der Waals surface area contributed by atoms with Gasteiger partial charge in [-0.25, -0.2) is 9.97 Å². The average molecular weight is 285 g/mol. The molecule has 0 aliphatic heterocycles. The highest BCUT2D eigenvalue weighted by molar-refractivity contribution is 6.05. The van der Waals surface area contributed by atoms with Crippen LogP contribution in [0.3, 0.4) is 0 Å². The summed E-state index contributed by atoms with van der Waals surface area (Å²) in [6, 6.07) is 5.14. The fourth-order valence-electron chi connectivity index (χ4n) is 1.79. The van der Waals surface area contributed by atoms with Gasteiger partial charge in [-0.15, -0.1) is 0 Å². The van der Waals surface area contributed by atoms with Crippen molar-refractivity contribution in [1.29, 1.82) is 0 Å². The molecule has 0 fully saturated rings. The lowest BCUT2D eigenvalue weighted by Crippen LogP contribution is -2.16. The molecule has 0 saturated carbocycles. The van der Waals surface area contributed by atoms with Crippen molar-refractivity contribution in [1.82, 2.24) is 9.97 Å². The summed E-state index contributed by atoms with van der Waals surface area (Å²) in [5.41, 5.74) is 7.78. The zero-order chi connectivity index (χ0) is 15.4. The van der Waals surface area contributed by atoms with Crippen LogP contribution in [0.5, 0.6) is 0 Å². The van der Waals surface area contributed by atoms with Crippen molar-refractivity contribution in [2.24, 2.45) is 0 Å². The van der Waals surface area contributed by atoms with Crippen LogP contribution >= 0.6 is 0 Å². The third-order valence-electron chi connectivity index (χ3n) is 2.74. The van der Waals surface area contributed by atoms with Gasteiger partial charge in [0.1, 0.15) is 0 Å². The minimum absolute atomic E-state index is 0.0705. The molecule has 0 atom stereocenters. The fraction of sp³-hybridized carbons (Fsp3) is 0.143. The van der Waals surface area contributed by atoms with Gasteiger partial charge in [-0.1, -0.05) is 0 Å². The number of nitrogens with zero attached hydrogens (tertiary/aromatic N) is 2. The first-order valence-electron chi connectivity index (χ1n) is 6.23. The second-order valence-electron chi connectivity index (χ2n) is 4.46. The van der Waals surface area contributed by atoms with Gasteiger partial charge in [0.05, 0.1) is 0 Å². The number of aryl methyl sites for hydroxylation is 1. The van der Waals surface area contributed by atoms with Gasteiger partial charge in [-0.3, -0.25) is 9.59 Å². The Morgan fingerprint density at radius 1 is 1.14 bits per heavy atom. The molecule has 0 spiro atoms. The predicted molar refractivity (Wildman–Crippen MR) is 79.9 cm³/mol. The number of rotatable bonds is 3. The van der Waals surface area contributed by atoms with Gasteiger partial charge in [0.25, 0.3) is 5.91 Å². The van der Waals surface area contributed by atoms with E-state index in [0.29, 0.717) is 11.4 Å². The molecule has 1 aromatic carbocycles. The molecule has 21 heavy (non-hydrogen) atoms. The number of nitrogens with two attached hydrogens (primary N) is 1. The number of nitrogens with one attached hydrogen (secondary N) is 2. The van der Waals surface area contributed by atoms with Crippen LogP contribution < -0.4 is 16.4 Å². The summed E-state index contributed by atoms with van der Waals surface area (Å²) in [4.78, 5) is 30.8. The molecule has 4 N–H and O–H groups in total. The molecular formula is C14H15N5O2. The lowest BCUT2D eigenvalue weighted by atomic mass is 10.1. The van der Waals surface area contributed by atoms with Crippen molar-refractivity contribution < 1.29 is 9.59 Å². The smallest absolute Gasteiger partial charge is 0.278 e. The maximum atomic E-state index is 12.0. The van der Waals surface area contributed by atoms with Crippen LogP contribution in [0.4, 0.5) is 17.2 Å². The number of aromatic nitrogens is 2. The number of carbonyl (C=O) groups is 2. The Balaban J connectivity index is 2.17. The monoisotopic (exact) mass is 285 g/mol. The van der Waals surface area contributed by atoms with Crippen molar-refractivity contribution in [2.75, 3.05) is 16.4 Å². The van der Waals surface area contributed by atoms with Crippen LogP contribution in [0.25, 0.3) is 0 Å². The topological polar surface area (TPSA) is 110 Å². The number of amides is 2. The van der Waals surface area contributed by atoms with E-state index in [4.69, 9.17) is 5.73 Å². The first-order chi connectivity index (χ1) is 9.97. The molecule has 7 nitrogen and oxygen atoms in total. The number of nitrogen functional groups attached to an aromatic ring is 1. The Bertz CT molecular complexity index is 700. The highest BCUT2D eigenvalue weighted by Gasteiger charge is 2.12. The van der Waals surface area contributed by atoms with Gasteiger partial charge in [0.15, 0.2) is 11.5 Å². The zero-order valence-corrected chi connectivity index (χ0v) is 11.7. The first-order valence-corrected chi connectivity index (χ1v) is 6.23. The van der Waals surface area contributed by atoms with E-state index in [9.17, 15) is 9.59 Å². The van der Waals surface area contributed by atoms with Crippen molar-refractivity contribution in [3.8, 4) is 0 Å². The van der Waals surface area contributed by atoms with Crippen LogP contribution in [0, 0.1) is 6.92 Å². The summed E-state index contributed by atoms with van der Waals surface area (Å²) < 4.78 is 0. The fourth-order valence-corrected chi connectivity index (χ4v) is 1.79. The van der Waals surface area contributed by atoms with Crippen LogP contribution in [-0.2, 0) is 4.79 Å². The highest BCUT2D eigenvalue weighted by Crippen LogP contribution is 2.20. The molecular weight excluding hydrogens is 270 g/mol. The molecule has 108 valence electrons. The van der Waals surface area contributed by atoms with E-state index in [-0.39, 0.29) is 17.4 Å². The van der Waals surface area contributed by atoms with Crippen molar-refractivity contribution in [3.63, 3.8) is 0 Å². The van der Waals surface area contributed by atoms with Gasteiger partial charge in [-0.05, 0) is 30.7 Å². The molecule has 7 heteroatoms. The summed E-state index contributed by atoms with van der Waals surface area (Å²) in [6.45, 7) is 3.27.